The van der Waals surface area contributed by atoms with Crippen LogP contribution in [0.4, 0.5) is 0 Å². The first kappa shape index (κ1) is 80.1. The second-order valence-electron chi connectivity index (χ2n) is 25.7. The Labute approximate surface area is 514 Å². The fraction of sp³-hybridized carbons (Fsp3) is 0.896. The minimum Gasteiger partial charge on any atom is -0.462 e. The van der Waals surface area contributed by atoms with Crippen molar-refractivity contribution in [3.63, 3.8) is 0 Å². The fourth-order valence-corrected chi connectivity index (χ4v) is 11.8. The van der Waals surface area contributed by atoms with Gasteiger partial charge in [0.1, 0.15) is 6.61 Å². The summed E-state index contributed by atoms with van der Waals surface area (Å²) in [5.74, 6) is -0.566. The standard InChI is InChI=1S/C77H146O5/c1-3-5-7-9-11-13-15-17-19-21-23-25-27-29-31-33-35-36-37-38-39-40-42-43-45-47-49-51-53-55-57-59-61-63-65-67-69-71-76(79)81-74-75(73-78)82-77(80)72-70-68-66-64-62-60-58-56-54-52-50-48-46-44-41-34-32-30-28-26-24-22-20-18-16-14-12-10-8-6-4-2/h16,18,22,24,28,30,75,78H,3-15,17,19-21,23,25-27,29,31-74H2,1-2H3/b18-16-,24-22-,30-28-. The molecular formula is C77H146O5. The first-order valence-electron chi connectivity index (χ1n) is 37.5. The molecule has 0 aromatic heterocycles. The molecule has 0 aromatic rings. The van der Waals surface area contributed by atoms with Crippen molar-refractivity contribution in [3.8, 4) is 0 Å². The van der Waals surface area contributed by atoms with Gasteiger partial charge in [-0.3, -0.25) is 9.59 Å². The average molecular weight is 1150 g/mol. The van der Waals surface area contributed by atoms with E-state index in [1.165, 1.54) is 353 Å². The summed E-state index contributed by atoms with van der Waals surface area (Å²) in [7, 11) is 0. The number of unbranched alkanes of at least 4 members (excludes halogenated alkanes) is 57. The van der Waals surface area contributed by atoms with E-state index in [4.69, 9.17) is 9.47 Å². The van der Waals surface area contributed by atoms with Crippen LogP contribution in [-0.2, 0) is 19.1 Å². The number of aliphatic hydroxyl groups is 1. The second-order valence-corrected chi connectivity index (χ2v) is 25.7. The number of allylic oxidation sites excluding steroid dienone is 6. The Morgan fingerprint density at radius 2 is 0.488 bits per heavy atom. The van der Waals surface area contributed by atoms with Gasteiger partial charge in [-0.2, -0.15) is 0 Å². The zero-order valence-electron chi connectivity index (χ0n) is 55.8. The van der Waals surface area contributed by atoms with Gasteiger partial charge in [0.25, 0.3) is 0 Å². The molecule has 82 heavy (non-hydrogen) atoms. The third kappa shape index (κ3) is 70.6. The van der Waals surface area contributed by atoms with Gasteiger partial charge in [0.2, 0.25) is 0 Å². The van der Waals surface area contributed by atoms with Crippen molar-refractivity contribution >= 4 is 11.9 Å². The molecule has 5 heteroatoms. The zero-order chi connectivity index (χ0) is 59.1. The Morgan fingerprint density at radius 1 is 0.280 bits per heavy atom. The van der Waals surface area contributed by atoms with E-state index in [-0.39, 0.29) is 25.2 Å². The Kier molecular flexibility index (Phi) is 71.7. The van der Waals surface area contributed by atoms with Crippen molar-refractivity contribution in [1.29, 1.82) is 0 Å². The molecule has 1 atom stereocenters. The van der Waals surface area contributed by atoms with Crippen LogP contribution >= 0.6 is 0 Å². The fourth-order valence-electron chi connectivity index (χ4n) is 11.8. The Balaban J connectivity index is 3.37. The molecule has 1 unspecified atom stereocenters. The van der Waals surface area contributed by atoms with Gasteiger partial charge in [-0.25, -0.2) is 0 Å². The Hall–Kier alpha value is -1.88. The highest BCUT2D eigenvalue weighted by Gasteiger charge is 2.16. The minimum absolute atomic E-state index is 0.0595. The lowest BCUT2D eigenvalue weighted by atomic mass is 10.0. The van der Waals surface area contributed by atoms with Crippen LogP contribution in [0.2, 0.25) is 0 Å². The summed E-state index contributed by atoms with van der Waals surface area (Å²) in [4.78, 5) is 24.7. The maximum absolute atomic E-state index is 12.4. The molecule has 0 rings (SSSR count). The van der Waals surface area contributed by atoms with Crippen LogP contribution < -0.4 is 0 Å². The van der Waals surface area contributed by atoms with Crippen molar-refractivity contribution in [1.82, 2.24) is 0 Å². The Morgan fingerprint density at radius 3 is 0.732 bits per heavy atom. The molecule has 0 saturated heterocycles. The molecular weight excluding hydrogens is 1000 g/mol. The number of carbonyl (C=O) groups is 2. The van der Waals surface area contributed by atoms with Crippen molar-refractivity contribution in [3.05, 3.63) is 36.5 Å². The predicted molar refractivity (Wildman–Crippen MR) is 362 cm³/mol. The predicted octanol–water partition coefficient (Wildman–Crippen LogP) is 26.1. The van der Waals surface area contributed by atoms with Gasteiger partial charge in [-0.1, -0.05) is 397 Å². The lowest BCUT2D eigenvalue weighted by molar-refractivity contribution is -0.161. The summed E-state index contributed by atoms with van der Waals surface area (Å²) in [6.45, 7) is 4.20. The van der Waals surface area contributed by atoms with E-state index in [2.05, 4.69) is 50.3 Å². The van der Waals surface area contributed by atoms with E-state index in [0.29, 0.717) is 12.8 Å². The Bertz CT molecular complexity index is 1300. The topological polar surface area (TPSA) is 72.8 Å². The highest BCUT2D eigenvalue weighted by molar-refractivity contribution is 5.70. The van der Waals surface area contributed by atoms with Crippen LogP contribution in [0.15, 0.2) is 36.5 Å². The summed E-state index contributed by atoms with van der Waals surface area (Å²) in [6, 6.07) is 0. The first-order chi connectivity index (χ1) is 40.6. The molecule has 0 aromatic carbocycles. The third-order valence-electron chi connectivity index (χ3n) is 17.4. The number of ether oxygens (including phenoxy) is 2. The molecule has 0 amide bonds. The molecule has 0 aliphatic carbocycles. The molecule has 0 radical (unpaired) electrons. The van der Waals surface area contributed by atoms with Crippen LogP contribution in [-0.4, -0.2) is 36.4 Å². The van der Waals surface area contributed by atoms with E-state index < -0.39 is 6.10 Å². The molecule has 0 aliphatic heterocycles. The van der Waals surface area contributed by atoms with Gasteiger partial charge in [0.05, 0.1) is 6.61 Å². The van der Waals surface area contributed by atoms with Gasteiger partial charge >= 0.3 is 11.9 Å². The van der Waals surface area contributed by atoms with Crippen molar-refractivity contribution in [2.75, 3.05) is 13.2 Å². The molecule has 1 N–H and O–H groups in total. The highest BCUT2D eigenvalue weighted by Crippen LogP contribution is 2.20. The molecule has 0 heterocycles. The van der Waals surface area contributed by atoms with E-state index in [1.807, 2.05) is 0 Å². The van der Waals surface area contributed by atoms with Crippen LogP contribution in [0.1, 0.15) is 425 Å². The number of aliphatic hydroxyl groups excluding tert-OH is 1. The van der Waals surface area contributed by atoms with Gasteiger partial charge in [-0.05, 0) is 51.4 Å². The van der Waals surface area contributed by atoms with Crippen LogP contribution in [0.25, 0.3) is 0 Å². The maximum Gasteiger partial charge on any atom is 0.306 e. The molecule has 0 aliphatic rings. The SMILES string of the molecule is CCCCCCC/C=C\C/C=C\C/C=C\CCCCCCCCCCCCCCCCCCC(=O)OC(CO)COC(=O)CCCCCCCCCCCCCCCCCCCCCCCCCCCCCCCCCCCCCCC. The first-order valence-corrected chi connectivity index (χ1v) is 37.5. The van der Waals surface area contributed by atoms with E-state index in [9.17, 15) is 14.7 Å². The lowest BCUT2D eigenvalue weighted by Gasteiger charge is -2.15. The van der Waals surface area contributed by atoms with Gasteiger partial charge in [-0.15, -0.1) is 0 Å². The van der Waals surface area contributed by atoms with Crippen molar-refractivity contribution in [2.45, 2.75) is 431 Å². The van der Waals surface area contributed by atoms with Crippen molar-refractivity contribution in [2.24, 2.45) is 0 Å². The normalized spacial score (nSPS) is 12.3. The smallest absolute Gasteiger partial charge is 0.306 e. The molecule has 5 nitrogen and oxygen atoms in total. The minimum atomic E-state index is -0.771. The number of rotatable bonds is 71. The van der Waals surface area contributed by atoms with Crippen LogP contribution in [0.3, 0.4) is 0 Å². The van der Waals surface area contributed by atoms with E-state index in [1.54, 1.807) is 0 Å². The van der Waals surface area contributed by atoms with Gasteiger partial charge in [0, 0.05) is 12.8 Å². The zero-order valence-corrected chi connectivity index (χ0v) is 55.8. The number of hydrogen-bond donors (Lipinski definition) is 1. The third-order valence-corrected chi connectivity index (χ3v) is 17.4. The van der Waals surface area contributed by atoms with Crippen molar-refractivity contribution < 1.29 is 24.2 Å². The number of hydrogen-bond acceptors (Lipinski definition) is 5. The summed E-state index contributed by atoms with van der Waals surface area (Å²) < 4.78 is 10.8. The number of carbonyl (C=O) groups excluding carboxylic acids is 2. The monoisotopic (exact) mass is 1150 g/mol. The number of esters is 2. The quantitative estimate of drug-likeness (QED) is 0.0373. The van der Waals surface area contributed by atoms with Gasteiger partial charge in [0.15, 0.2) is 6.10 Å². The lowest BCUT2D eigenvalue weighted by Crippen LogP contribution is -2.28. The van der Waals surface area contributed by atoms with Gasteiger partial charge < -0.3 is 14.6 Å². The molecule has 484 valence electrons. The molecule has 0 saturated carbocycles. The maximum atomic E-state index is 12.4. The van der Waals surface area contributed by atoms with E-state index >= 15 is 0 Å². The molecule has 0 spiro atoms. The van der Waals surface area contributed by atoms with Crippen LogP contribution in [0, 0.1) is 0 Å². The summed E-state index contributed by atoms with van der Waals surface area (Å²) in [5.41, 5.74) is 0. The highest BCUT2D eigenvalue weighted by atomic mass is 16.6. The van der Waals surface area contributed by atoms with E-state index in [0.717, 1.165) is 44.9 Å². The summed E-state index contributed by atoms with van der Waals surface area (Å²) in [5, 5.41) is 9.71. The second kappa shape index (κ2) is 73.4. The summed E-state index contributed by atoms with van der Waals surface area (Å²) >= 11 is 0. The largest absolute Gasteiger partial charge is 0.462 e. The van der Waals surface area contributed by atoms with Crippen LogP contribution in [0.5, 0.6) is 0 Å². The molecule has 0 fully saturated rings. The molecule has 0 bridgehead atoms. The summed E-state index contributed by atoms with van der Waals surface area (Å²) in [6.07, 6.45) is 97.9. The average Bonchev–Trinajstić information content (AvgIpc) is 3.49.